The zero-order valence-electron chi connectivity index (χ0n) is 11.1. The largest absolute Gasteiger partial charge is 0.311 e. The number of sulfone groups is 1. The molecular weight excluding hydrogens is 270 g/mol. The lowest BCUT2D eigenvalue weighted by atomic mass is 10.4. The Kier molecular flexibility index (Phi) is 6.20. The highest BCUT2D eigenvalue weighted by Crippen LogP contribution is 2.11. The van der Waals surface area contributed by atoms with E-state index in [0.717, 1.165) is 23.8 Å². The highest BCUT2D eigenvalue weighted by atomic mass is 32.2. The van der Waals surface area contributed by atoms with Crippen molar-refractivity contribution in [3.05, 3.63) is 16.1 Å². The predicted octanol–water partition coefficient (Wildman–Crippen LogP) is 0.729. The van der Waals surface area contributed by atoms with Gasteiger partial charge in [0.2, 0.25) is 0 Å². The summed E-state index contributed by atoms with van der Waals surface area (Å²) in [5.41, 5.74) is 1.00. The summed E-state index contributed by atoms with van der Waals surface area (Å²) in [6.07, 6.45) is 1.26. The molecule has 0 fully saturated rings. The van der Waals surface area contributed by atoms with Crippen LogP contribution in [0.3, 0.4) is 0 Å². The molecule has 0 amide bonds. The second kappa shape index (κ2) is 7.18. The average molecular weight is 291 g/mol. The monoisotopic (exact) mass is 291 g/mol. The van der Waals surface area contributed by atoms with Gasteiger partial charge in [-0.3, -0.25) is 4.90 Å². The first-order valence-corrected chi connectivity index (χ1v) is 8.85. The molecule has 0 bridgehead atoms. The number of nitrogens with zero attached hydrogens (tertiary/aromatic N) is 2. The van der Waals surface area contributed by atoms with Crippen LogP contribution in [-0.4, -0.2) is 50.4 Å². The summed E-state index contributed by atoms with van der Waals surface area (Å²) >= 11 is 1.64. The van der Waals surface area contributed by atoms with E-state index in [1.165, 1.54) is 6.26 Å². The normalized spacial score (nSPS) is 12.2. The topological polar surface area (TPSA) is 62.3 Å². The number of rotatable bonds is 8. The molecule has 1 aromatic rings. The smallest absolute Gasteiger partial charge is 0.148 e. The van der Waals surface area contributed by atoms with Crippen LogP contribution in [0.25, 0.3) is 0 Å². The Morgan fingerprint density at radius 2 is 2.22 bits per heavy atom. The molecule has 7 heteroatoms. The van der Waals surface area contributed by atoms with Gasteiger partial charge in [0.25, 0.3) is 0 Å². The molecule has 1 rings (SSSR count). The van der Waals surface area contributed by atoms with Crippen molar-refractivity contribution < 1.29 is 8.42 Å². The Balaban J connectivity index is 2.39. The molecule has 0 saturated heterocycles. The Labute approximate surface area is 113 Å². The zero-order valence-corrected chi connectivity index (χ0v) is 12.8. The van der Waals surface area contributed by atoms with Crippen molar-refractivity contribution in [2.45, 2.75) is 20.0 Å². The lowest BCUT2D eigenvalue weighted by molar-refractivity contribution is 0.342. The fraction of sp³-hybridized carbons (Fsp3) is 0.727. The van der Waals surface area contributed by atoms with Crippen LogP contribution in [0.2, 0.25) is 0 Å². The van der Waals surface area contributed by atoms with Gasteiger partial charge in [0, 0.05) is 31.3 Å². The maximum atomic E-state index is 11.1. The first kappa shape index (κ1) is 15.6. The fourth-order valence-corrected chi connectivity index (χ4v) is 2.81. The molecule has 0 aliphatic rings. The summed E-state index contributed by atoms with van der Waals surface area (Å²) < 4.78 is 22.1. The molecule has 1 aromatic heterocycles. The molecule has 0 unspecified atom stereocenters. The van der Waals surface area contributed by atoms with Gasteiger partial charge in [0.05, 0.1) is 11.4 Å². The van der Waals surface area contributed by atoms with E-state index in [-0.39, 0.29) is 5.75 Å². The van der Waals surface area contributed by atoms with E-state index in [1.807, 2.05) is 17.3 Å². The van der Waals surface area contributed by atoms with Gasteiger partial charge in [0.1, 0.15) is 14.8 Å². The first-order valence-electron chi connectivity index (χ1n) is 5.91. The Hall–Kier alpha value is -0.500. The number of hydrogen-bond acceptors (Lipinski definition) is 6. The minimum Gasteiger partial charge on any atom is -0.311 e. The van der Waals surface area contributed by atoms with Crippen LogP contribution < -0.4 is 5.32 Å². The molecule has 5 nitrogen and oxygen atoms in total. The van der Waals surface area contributed by atoms with Crippen molar-refractivity contribution in [1.82, 2.24) is 15.2 Å². The van der Waals surface area contributed by atoms with Gasteiger partial charge in [-0.2, -0.15) is 0 Å². The molecule has 0 aromatic carbocycles. The van der Waals surface area contributed by atoms with Crippen LogP contribution in [0.1, 0.15) is 17.6 Å². The van der Waals surface area contributed by atoms with Crippen molar-refractivity contribution in [3.8, 4) is 0 Å². The standard InChI is InChI=1S/C11H21N3O2S2/c1-4-12-7-11-13-10(9-17-11)8-14(2)5-6-18(3,15)16/h9,12H,4-8H2,1-3H3. The Morgan fingerprint density at radius 1 is 1.50 bits per heavy atom. The van der Waals surface area contributed by atoms with Crippen LogP contribution in [0.15, 0.2) is 5.38 Å². The van der Waals surface area contributed by atoms with Crippen LogP contribution >= 0.6 is 11.3 Å². The van der Waals surface area contributed by atoms with Gasteiger partial charge < -0.3 is 5.32 Å². The highest BCUT2D eigenvalue weighted by Gasteiger charge is 2.08. The lowest BCUT2D eigenvalue weighted by Crippen LogP contribution is -2.25. The maximum absolute atomic E-state index is 11.1. The third-order valence-corrected chi connectivity index (χ3v) is 4.22. The van der Waals surface area contributed by atoms with Crippen molar-refractivity contribution in [2.75, 3.05) is 32.1 Å². The van der Waals surface area contributed by atoms with E-state index in [1.54, 1.807) is 11.3 Å². The maximum Gasteiger partial charge on any atom is 0.148 e. The highest BCUT2D eigenvalue weighted by molar-refractivity contribution is 7.90. The number of thiazole rings is 1. The van der Waals surface area contributed by atoms with E-state index in [0.29, 0.717) is 13.1 Å². The van der Waals surface area contributed by atoms with Crippen LogP contribution in [-0.2, 0) is 22.9 Å². The number of nitrogens with one attached hydrogen (secondary N) is 1. The van der Waals surface area contributed by atoms with Gasteiger partial charge in [-0.05, 0) is 13.6 Å². The molecule has 1 heterocycles. The summed E-state index contributed by atoms with van der Waals surface area (Å²) in [7, 11) is -0.977. The first-order chi connectivity index (χ1) is 8.40. The van der Waals surface area contributed by atoms with Gasteiger partial charge in [-0.25, -0.2) is 13.4 Å². The minimum absolute atomic E-state index is 0.192. The molecule has 0 aliphatic carbocycles. The van der Waals surface area contributed by atoms with Gasteiger partial charge >= 0.3 is 0 Å². The summed E-state index contributed by atoms with van der Waals surface area (Å²) in [5, 5.41) is 6.34. The predicted molar refractivity (Wildman–Crippen MR) is 75.5 cm³/mol. The van der Waals surface area contributed by atoms with Crippen molar-refractivity contribution in [1.29, 1.82) is 0 Å². The average Bonchev–Trinajstić information content (AvgIpc) is 2.70. The Bertz CT molecular complexity index is 457. The van der Waals surface area contributed by atoms with Crippen LogP contribution in [0, 0.1) is 0 Å². The van der Waals surface area contributed by atoms with Crippen molar-refractivity contribution in [3.63, 3.8) is 0 Å². The van der Waals surface area contributed by atoms with Crippen LogP contribution in [0.5, 0.6) is 0 Å². The second-order valence-corrected chi connectivity index (χ2v) is 7.58. The second-order valence-electron chi connectivity index (χ2n) is 4.38. The molecule has 104 valence electrons. The molecule has 0 saturated carbocycles. The molecule has 1 N–H and O–H groups in total. The van der Waals surface area contributed by atoms with Gasteiger partial charge in [-0.1, -0.05) is 6.92 Å². The summed E-state index contributed by atoms with van der Waals surface area (Å²) in [5.74, 6) is 0.192. The molecule has 18 heavy (non-hydrogen) atoms. The summed E-state index contributed by atoms with van der Waals surface area (Å²) in [6.45, 7) is 5.03. The molecule has 0 radical (unpaired) electrons. The van der Waals surface area contributed by atoms with Gasteiger partial charge in [0.15, 0.2) is 0 Å². The lowest BCUT2D eigenvalue weighted by Gasteiger charge is -2.14. The van der Waals surface area contributed by atoms with E-state index in [4.69, 9.17) is 0 Å². The molecular formula is C11H21N3O2S2. The SMILES string of the molecule is CCNCc1nc(CN(C)CCS(C)(=O)=O)cs1. The van der Waals surface area contributed by atoms with E-state index < -0.39 is 9.84 Å². The fourth-order valence-electron chi connectivity index (χ4n) is 1.41. The molecule has 0 spiro atoms. The zero-order chi connectivity index (χ0) is 13.6. The third-order valence-electron chi connectivity index (χ3n) is 2.40. The van der Waals surface area contributed by atoms with Gasteiger partial charge in [-0.15, -0.1) is 11.3 Å². The Morgan fingerprint density at radius 3 is 2.83 bits per heavy atom. The van der Waals surface area contributed by atoms with E-state index in [2.05, 4.69) is 17.2 Å². The summed E-state index contributed by atoms with van der Waals surface area (Å²) in [6, 6.07) is 0. The minimum atomic E-state index is -2.89. The molecule has 0 aliphatic heterocycles. The summed E-state index contributed by atoms with van der Waals surface area (Å²) in [4.78, 5) is 6.48. The number of aromatic nitrogens is 1. The quantitative estimate of drug-likeness (QED) is 0.765. The van der Waals surface area contributed by atoms with Crippen molar-refractivity contribution in [2.24, 2.45) is 0 Å². The van der Waals surface area contributed by atoms with Crippen molar-refractivity contribution >= 4 is 21.2 Å². The van der Waals surface area contributed by atoms with E-state index >= 15 is 0 Å². The third kappa shape index (κ3) is 6.44. The molecule has 0 atom stereocenters. The van der Waals surface area contributed by atoms with Crippen LogP contribution in [0.4, 0.5) is 0 Å². The number of hydrogen-bond donors (Lipinski definition) is 1. The van der Waals surface area contributed by atoms with E-state index in [9.17, 15) is 8.42 Å².